The summed E-state index contributed by atoms with van der Waals surface area (Å²) in [6.07, 6.45) is 0.837. The normalized spacial score (nSPS) is 11.0. The Morgan fingerprint density at radius 2 is 2.00 bits per heavy atom. The molecule has 2 rings (SSSR count). The van der Waals surface area contributed by atoms with Gasteiger partial charge in [0.1, 0.15) is 10.9 Å². The number of nitrogens with zero attached hydrogens (tertiary/aromatic N) is 2. The van der Waals surface area contributed by atoms with Crippen LogP contribution in [0.2, 0.25) is 5.15 Å². The Labute approximate surface area is 138 Å². The van der Waals surface area contributed by atoms with Crippen molar-refractivity contribution < 1.29 is 4.74 Å². The molecule has 0 bridgehead atoms. The molecule has 0 radical (unpaired) electrons. The summed E-state index contributed by atoms with van der Waals surface area (Å²) in [5.41, 5.74) is 2.89. The van der Waals surface area contributed by atoms with E-state index >= 15 is 0 Å². The third-order valence-corrected chi connectivity index (χ3v) is 4.41. The van der Waals surface area contributed by atoms with Crippen LogP contribution in [0, 0.1) is 12.8 Å². The van der Waals surface area contributed by atoms with Gasteiger partial charge in [-0.2, -0.15) is 0 Å². The van der Waals surface area contributed by atoms with Crippen molar-refractivity contribution >= 4 is 27.5 Å². The van der Waals surface area contributed by atoms with E-state index in [2.05, 4.69) is 39.7 Å². The second-order valence-electron chi connectivity index (χ2n) is 5.40. The number of hydrogen-bond acceptors (Lipinski definition) is 3. The number of rotatable bonds is 4. The largest absolute Gasteiger partial charge is 0.496 e. The van der Waals surface area contributed by atoms with Gasteiger partial charge in [-0.25, -0.2) is 9.97 Å². The zero-order valence-corrected chi connectivity index (χ0v) is 14.9. The first-order valence-corrected chi connectivity index (χ1v) is 7.96. The van der Waals surface area contributed by atoms with Gasteiger partial charge in [-0.1, -0.05) is 31.5 Å². The summed E-state index contributed by atoms with van der Waals surface area (Å²) in [4.78, 5) is 9.04. The first-order chi connectivity index (χ1) is 9.92. The van der Waals surface area contributed by atoms with Gasteiger partial charge in [-0.15, -0.1) is 0 Å². The molecule has 0 fully saturated rings. The third-order valence-electron chi connectivity index (χ3n) is 3.08. The van der Waals surface area contributed by atoms with Crippen LogP contribution in [0.4, 0.5) is 0 Å². The molecule has 21 heavy (non-hydrogen) atoms. The standard InChI is InChI=1S/C16H18BrClN2O/c1-9(2)7-12-14(17)15(18)20-16(19-12)11-6-5-10(3)8-13(11)21-4/h5-6,8-9H,7H2,1-4H3. The Balaban J connectivity index is 2.56. The molecule has 3 nitrogen and oxygen atoms in total. The van der Waals surface area contributed by atoms with Crippen molar-refractivity contribution in [1.29, 1.82) is 0 Å². The van der Waals surface area contributed by atoms with Gasteiger partial charge in [0.15, 0.2) is 5.82 Å². The molecule has 0 amide bonds. The Hall–Kier alpha value is -1.13. The number of methoxy groups -OCH3 is 1. The van der Waals surface area contributed by atoms with E-state index in [1.165, 1.54) is 0 Å². The minimum atomic E-state index is 0.429. The molecule has 1 heterocycles. The van der Waals surface area contributed by atoms with Crippen molar-refractivity contribution in [2.75, 3.05) is 7.11 Å². The van der Waals surface area contributed by atoms with E-state index in [4.69, 9.17) is 16.3 Å². The van der Waals surface area contributed by atoms with Crippen LogP contribution < -0.4 is 4.74 Å². The molecule has 0 aliphatic heterocycles. The summed E-state index contributed by atoms with van der Waals surface area (Å²) in [7, 11) is 1.65. The molecule has 1 aromatic carbocycles. The molecule has 0 aliphatic carbocycles. The molecule has 0 atom stereocenters. The lowest BCUT2D eigenvalue weighted by Crippen LogP contribution is -2.03. The van der Waals surface area contributed by atoms with Crippen LogP contribution in [0.15, 0.2) is 22.7 Å². The number of hydrogen-bond donors (Lipinski definition) is 0. The van der Waals surface area contributed by atoms with E-state index in [0.717, 1.165) is 33.5 Å². The lowest BCUT2D eigenvalue weighted by atomic mass is 10.1. The predicted molar refractivity (Wildman–Crippen MR) is 90.0 cm³/mol. The predicted octanol–water partition coefficient (Wildman–Crippen LogP) is 5.08. The summed E-state index contributed by atoms with van der Waals surface area (Å²) < 4.78 is 6.21. The maximum absolute atomic E-state index is 6.24. The molecule has 1 aromatic heterocycles. The van der Waals surface area contributed by atoms with Gasteiger partial charge < -0.3 is 4.74 Å². The molecular weight excluding hydrogens is 352 g/mol. The lowest BCUT2D eigenvalue weighted by Gasteiger charge is -2.12. The lowest BCUT2D eigenvalue weighted by molar-refractivity contribution is 0.416. The van der Waals surface area contributed by atoms with Crippen molar-refractivity contribution in [2.24, 2.45) is 5.92 Å². The molecule has 0 saturated carbocycles. The molecule has 0 aliphatic rings. The summed E-state index contributed by atoms with van der Waals surface area (Å²) in [5.74, 6) is 1.83. The zero-order valence-electron chi connectivity index (χ0n) is 12.6. The number of aryl methyl sites for hydroxylation is 1. The summed E-state index contributed by atoms with van der Waals surface area (Å²) in [6, 6.07) is 5.95. The van der Waals surface area contributed by atoms with Crippen molar-refractivity contribution in [3.05, 3.63) is 39.1 Å². The minimum Gasteiger partial charge on any atom is -0.496 e. The molecule has 0 unspecified atom stereocenters. The van der Waals surface area contributed by atoms with Crippen LogP contribution in [0.3, 0.4) is 0 Å². The first kappa shape index (κ1) is 16.2. The van der Waals surface area contributed by atoms with Crippen LogP contribution >= 0.6 is 27.5 Å². The SMILES string of the molecule is COc1cc(C)ccc1-c1nc(Cl)c(Br)c(CC(C)C)n1. The maximum atomic E-state index is 6.24. The monoisotopic (exact) mass is 368 g/mol. The minimum absolute atomic E-state index is 0.429. The molecule has 112 valence electrons. The van der Waals surface area contributed by atoms with Crippen LogP contribution in [0.25, 0.3) is 11.4 Å². The zero-order chi connectivity index (χ0) is 15.6. The summed E-state index contributed by atoms with van der Waals surface area (Å²) >= 11 is 9.71. The fourth-order valence-electron chi connectivity index (χ4n) is 2.09. The number of halogens is 2. The number of benzene rings is 1. The van der Waals surface area contributed by atoms with E-state index < -0.39 is 0 Å². The van der Waals surface area contributed by atoms with E-state index in [9.17, 15) is 0 Å². The fourth-order valence-corrected chi connectivity index (χ4v) is 2.62. The van der Waals surface area contributed by atoms with E-state index in [1.54, 1.807) is 7.11 Å². The molecule has 0 N–H and O–H groups in total. The molecular formula is C16H18BrClN2O. The first-order valence-electron chi connectivity index (χ1n) is 6.79. The second-order valence-corrected chi connectivity index (χ2v) is 6.55. The Morgan fingerprint density at radius 3 is 2.62 bits per heavy atom. The highest BCUT2D eigenvalue weighted by Crippen LogP contribution is 2.33. The highest BCUT2D eigenvalue weighted by molar-refractivity contribution is 9.10. The summed E-state index contributed by atoms with van der Waals surface area (Å²) in [5, 5.41) is 0.429. The van der Waals surface area contributed by atoms with Gasteiger partial charge in [0.05, 0.1) is 22.8 Å². The highest BCUT2D eigenvalue weighted by atomic mass is 79.9. The van der Waals surface area contributed by atoms with Crippen molar-refractivity contribution in [3.8, 4) is 17.1 Å². The van der Waals surface area contributed by atoms with Crippen molar-refractivity contribution in [3.63, 3.8) is 0 Å². The average Bonchev–Trinajstić information content (AvgIpc) is 2.43. The van der Waals surface area contributed by atoms with Gasteiger partial charge in [-0.3, -0.25) is 0 Å². The fraction of sp³-hybridized carbons (Fsp3) is 0.375. The third kappa shape index (κ3) is 3.74. The summed E-state index contributed by atoms with van der Waals surface area (Å²) in [6.45, 7) is 6.31. The molecule has 2 aromatic rings. The van der Waals surface area contributed by atoms with Gasteiger partial charge in [-0.05, 0) is 52.9 Å². The Kier molecular flexibility index (Phi) is 5.22. The molecule has 0 saturated heterocycles. The topological polar surface area (TPSA) is 35.0 Å². The van der Waals surface area contributed by atoms with E-state index in [1.807, 2.05) is 25.1 Å². The van der Waals surface area contributed by atoms with Crippen LogP contribution in [0.5, 0.6) is 5.75 Å². The van der Waals surface area contributed by atoms with Crippen molar-refractivity contribution in [1.82, 2.24) is 9.97 Å². The maximum Gasteiger partial charge on any atom is 0.164 e. The van der Waals surface area contributed by atoms with Gasteiger partial charge in [0.2, 0.25) is 0 Å². The molecule has 0 spiro atoms. The smallest absolute Gasteiger partial charge is 0.164 e. The van der Waals surface area contributed by atoms with Gasteiger partial charge >= 0.3 is 0 Å². The highest BCUT2D eigenvalue weighted by Gasteiger charge is 2.16. The van der Waals surface area contributed by atoms with Crippen LogP contribution in [-0.2, 0) is 6.42 Å². The average molecular weight is 370 g/mol. The second kappa shape index (κ2) is 6.75. The Bertz CT molecular complexity index is 659. The molecule has 5 heteroatoms. The van der Waals surface area contributed by atoms with E-state index in [0.29, 0.717) is 16.9 Å². The number of ether oxygens (including phenoxy) is 1. The Morgan fingerprint density at radius 1 is 1.29 bits per heavy atom. The van der Waals surface area contributed by atoms with Crippen LogP contribution in [0.1, 0.15) is 25.1 Å². The van der Waals surface area contributed by atoms with Crippen molar-refractivity contribution in [2.45, 2.75) is 27.2 Å². The number of aromatic nitrogens is 2. The van der Waals surface area contributed by atoms with Gasteiger partial charge in [0, 0.05) is 0 Å². The van der Waals surface area contributed by atoms with E-state index in [-0.39, 0.29) is 0 Å². The quantitative estimate of drug-likeness (QED) is 0.705. The van der Waals surface area contributed by atoms with Gasteiger partial charge in [0.25, 0.3) is 0 Å². The van der Waals surface area contributed by atoms with Crippen LogP contribution in [-0.4, -0.2) is 17.1 Å².